The first kappa shape index (κ1) is 14.1. The van der Waals surface area contributed by atoms with E-state index in [2.05, 4.69) is 53.4 Å². The summed E-state index contributed by atoms with van der Waals surface area (Å²) >= 11 is 0. The van der Waals surface area contributed by atoms with Crippen LogP contribution in [0.3, 0.4) is 0 Å². The minimum atomic E-state index is 0.785. The molecule has 0 saturated heterocycles. The van der Waals surface area contributed by atoms with Crippen LogP contribution in [-0.2, 0) is 6.42 Å². The van der Waals surface area contributed by atoms with Crippen LogP contribution in [-0.4, -0.2) is 16.5 Å². The van der Waals surface area contributed by atoms with E-state index < -0.39 is 0 Å². The summed E-state index contributed by atoms with van der Waals surface area (Å²) in [5.41, 5.74) is 3.66. The van der Waals surface area contributed by atoms with E-state index in [1.54, 1.807) is 0 Å². The lowest BCUT2D eigenvalue weighted by Gasteiger charge is -2.25. The van der Waals surface area contributed by atoms with Gasteiger partial charge in [-0.05, 0) is 31.2 Å². The summed E-state index contributed by atoms with van der Waals surface area (Å²) in [6, 6.07) is 11.0. The molecule has 1 aliphatic rings. The number of benzene rings is 1. The second kappa shape index (κ2) is 6.25. The fourth-order valence-corrected chi connectivity index (χ4v) is 2.74. The van der Waals surface area contributed by atoms with E-state index >= 15 is 0 Å². The Labute approximate surface area is 126 Å². The summed E-state index contributed by atoms with van der Waals surface area (Å²) in [5, 5.41) is 3.29. The van der Waals surface area contributed by atoms with Gasteiger partial charge in [-0.1, -0.05) is 37.6 Å². The number of aryl methyl sites for hydroxylation is 1. The highest BCUT2D eigenvalue weighted by Crippen LogP contribution is 2.36. The van der Waals surface area contributed by atoms with Crippen molar-refractivity contribution >= 4 is 5.82 Å². The first-order chi connectivity index (χ1) is 10.3. The molecule has 0 atom stereocenters. The zero-order valence-corrected chi connectivity index (χ0v) is 12.9. The van der Waals surface area contributed by atoms with Crippen molar-refractivity contribution in [2.75, 3.05) is 11.9 Å². The van der Waals surface area contributed by atoms with Gasteiger partial charge in [0, 0.05) is 24.6 Å². The second-order valence-corrected chi connectivity index (χ2v) is 5.69. The number of nitrogens with one attached hydrogen (secondary N) is 1. The maximum Gasteiger partial charge on any atom is 0.131 e. The Balaban J connectivity index is 1.89. The minimum Gasteiger partial charge on any atom is -0.370 e. The lowest BCUT2D eigenvalue weighted by molar-refractivity contribution is 0.420. The highest BCUT2D eigenvalue weighted by Gasteiger charge is 2.19. The van der Waals surface area contributed by atoms with Crippen LogP contribution in [0.1, 0.15) is 50.4 Å². The summed E-state index contributed by atoms with van der Waals surface area (Å²) in [6.45, 7) is 5.05. The Kier molecular flexibility index (Phi) is 4.18. The molecule has 0 amide bonds. The number of hydrogen-bond acceptors (Lipinski definition) is 3. The molecule has 1 aliphatic carbocycles. The Bertz CT molecular complexity index is 600. The number of aromatic nitrogens is 2. The van der Waals surface area contributed by atoms with Crippen LogP contribution in [0, 0.1) is 0 Å². The molecule has 1 N–H and O–H groups in total. The zero-order chi connectivity index (χ0) is 14.7. The van der Waals surface area contributed by atoms with E-state index in [-0.39, 0.29) is 0 Å². The molecule has 1 saturated carbocycles. The summed E-state index contributed by atoms with van der Waals surface area (Å²) in [5.74, 6) is 2.60. The minimum absolute atomic E-state index is 0.785. The van der Waals surface area contributed by atoms with E-state index in [1.165, 1.54) is 30.4 Å². The third-order valence-corrected chi connectivity index (χ3v) is 4.23. The standard InChI is InChI=1S/C18H23N3/c1-3-17-20-16(12-18(21-17)19-4-2)15-10-8-14(9-11-15)13-6-5-7-13/h8-13H,3-7H2,1-2H3,(H,19,20,21). The van der Waals surface area contributed by atoms with Gasteiger partial charge < -0.3 is 5.32 Å². The fourth-order valence-electron chi connectivity index (χ4n) is 2.74. The van der Waals surface area contributed by atoms with E-state index in [4.69, 9.17) is 0 Å². The van der Waals surface area contributed by atoms with E-state index in [0.29, 0.717) is 0 Å². The summed E-state index contributed by atoms with van der Waals surface area (Å²) in [4.78, 5) is 9.18. The molecule has 0 unspecified atom stereocenters. The van der Waals surface area contributed by atoms with E-state index in [0.717, 1.165) is 36.2 Å². The van der Waals surface area contributed by atoms with Gasteiger partial charge in [-0.15, -0.1) is 0 Å². The van der Waals surface area contributed by atoms with Gasteiger partial charge in [0.2, 0.25) is 0 Å². The summed E-state index contributed by atoms with van der Waals surface area (Å²) in [6.07, 6.45) is 4.92. The number of hydrogen-bond donors (Lipinski definition) is 1. The Hall–Kier alpha value is -1.90. The predicted molar refractivity (Wildman–Crippen MR) is 87.6 cm³/mol. The molecule has 3 rings (SSSR count). The topological polar surface area (TPSA) is 37.8 Å². The first-order valence-corrected chi connectivity index (χ1v) is 8.02. The molecular weight excluding hydrogens is 258 g/mol. The lowest BCUT2D eigenvalue weighted by atomic mass is 9.80. The molecule has 0 radical (unpaired) electrons. The van der Waals surface area contributed by atoms with Crippen molar-refractivity contribution in [3.05, 3.63) is 41.7 Å². The van der Waals surface area contributed by atoms with Crippen molar-refractivity contribution in [2.45, 2.75) is 45.4 Å². The highest BCUT2D eigenvalue weighted by molar-refractivity contribution is 5.63. The van der Waals surface area contributed by atoms with Crippen molar-refractivity contribution < 1.29 is 0 Å². The largest absolute Gasteiger partial charge is 0.370 e. The molecule has 3 heteroatoms. The maximum absolute atomic E-state index is 4.66. The van der Waals surface area contributed by atoms with Gasteiger partial charge in [0.05, 0.1) is 5.69 Å². The highest BCUT2D eigenvalue weighted by atomic mass is 15.0. The molecule has 21 heavy (non-hydrogen) atoms. The van der Waals surface area contributed by atoms with Crippen LogP contribution in [0.5, 0.6) is 0 Å². The first-order valence-electron chi connectivity index (χ1n) is 8.02. The van der Waals surface area contributed by atoms with Gasteiger partial charge in [0.15, 0.2) is 0 Å². The monoisotopic (exact) mass is 281 g/mol. The second-order valence-electron chi connectivity index (χ2n) is 5.69. The molecule has 0 aliphatic heterocycles. The number of rotatable bonds is 5. The van der Waals surface area contributed by atoms with Crippen LogP contribution >= 0.6 is 0 Å². The molecule has 110 valence electrons. The fraction of sp³-hybridized carbons (Fsp3) is 0.444. The Morgan fingerprint density at radius 1 is 1.10 bits per heavy atom. The van der Waals surface area contributed by atoms with Crippen LogP contribution in [0.4, 0.5) is 5.82 Å². The lowest BCUT2D eigenvalue weighted by Crippen LogP contribution is -2.08. The van der Waals surface area contributed by atoms with Gasteiger partial charge in [-0.2, -0.15) is 0 Å². The predicted octanol–water partition coefficient (Wildman–Crippen LogP) is 4.41. The molecule has 1 fully saturated rings. The van der Waals surface area contributed by atoms with Crippen LogP contribution in [0.15, 0.2) is 30.3 Å². The van der Waals surface area contributed by atoms with Gasteiger partial charge in [-0.25, -0.2) is 9.97 Å². The van der Waals surface area contributed by atoms with Crippen molar-refractivity contribution in [1.82, 2.24) is 9.97 Å². The normalized spacial score (nSPS) is 14.8. The quantitative estimate of drug-likeness (QED) is 0.882. The van der Waals surface area contributed by atoms with Gasteiger partial charge in [0.25, 0.3) is 0 Å². The van der Waals surface area contributed by atoms with Gasteiger partial charge >= 0.3 is 0 Å². The third-order valence-electron chi connectivity index (χ3n) is 4.23. The van der Waals surface area contributed by atoms with Crippen LogP contribution < -0.4 is 5.32 Å². The van der Waals surface area contributed by atoms with Gasteiger partial charge in [-0.3, -0.25) is 0 Å². The van der Waals surface area contributed by atoms with Crippen molar-refractivity contribution in [3.8, 4) is 11.3 Å². The average Bonchev–Trinajstić information content (AvgIpc) is 2.46. The van der Waals surface area contributed by atoms with Gasteiger partial charge in [0.1, 0.15) is 11.6 Å². The van der Waals surface area contributed by atoms with Crippen LogP contribution in [0.2, 0.25) is 0 Å². The summed E-state index contributed by atoms with van der Waals surface area (Å²) < 4.78 is 0. The van der Waals surface area contributed by atoms with Crippen molar-refractivity contribution in [3.63, 3.8) is 0 Å². The SMILES string of the molecule is CCNc1cc(-c2ccc(C3CCC3)cc2)nc(CC)n1. The molecule has 0 bridgehead atoms. The Morgan fingerprint density at radius 2 is 1.86 bits per heavy atom. The molecule has 0 spiro atoms. The zero-order valence-electron chi connectivity index (χ0n) is 12.9. The molecule has 2 aromatic rings. The molecule has 1 aromatic heterocycles. The van der Waals surface area contributed by atoms with Crippen LogP contribution in [0.25, 0.3) is 11.3 Å². The molecular formula is C18H23N3. The average molecular weight is 281 g/mol. The van der Waals surface area contributed by atoms with E-state index in [9.17, 15) is 0 Å². The number of nitrogens with zero attached hydrogens (tertiary/aromatic N) is 2. The van der Waals surface area contributed by atoms with E-state index in [1.807, 2.05) is 6.07 Å². The third kappa shape index (κ3) is 3.07. The maximum atomic E-state index is 4.66. The molecule has 3 nitrogen and oxygen atoms in total. The summed E-state index contributed by atoms with van der Waals surface area (Å²) in [7, 11) is 0. The van der Waals surface area contributed by atoms with Crippen molar-refractivity contribution in [2.24, 2.45) is 0 Å². The Morgan fingerprint density at radius 3 is 2.43 bits per heavy atom. The smallest absolute Gasteiger partial charge is 0.131 e. The molecule has 1 aromatic carbocycles. The number of anilines is 1. The molecule has 1 heterocycles. The van der Waals surface area contributed by atoms with Crippen molar-refractivity contribution in [1.29, 1.82) is 0 Å².